The highest BCUT2D eigenvalue weighted by Crippen LogP contribution is 2.44. The summed E-state index contributed by atoms with van der Waals surface area (Å²) in [6.07, 6.45) is -1.70. The highest BCUT2D eigenvalue weighted by Gasteiger charge is 2.30. The molecule has 1 aliphatic rings. The molecule has 0 aromatic heterocycles. The van der Waals surface area contributed by atoms with Crippen LogP contribution in [0.15, 0.2) is 60.7 Å². The standard InChI is InChI=1S/C25H19Cl2FN2O5/c26-19-9-13(28)10-20(27)23(19)30-24(33)21(11-22(31)32)29-25(34)35-12-18-16-7-3-1-5-14(16)15-6-2-4-8-17(15)18/h1-10,18,21H,11-12H2,(H,29,34)(H,30,33)(H,31,32). The number of hydrogen-bond acceptors (Lipinski definition) is 4. The number of carbonyl (C=O) groups excluding carboxylic acids is 2. The van der Waals surface area contributed by atoms with Gasteiger partial charge in [0, 0.05) is 5.92 Å². The summed E-state index contributed by atoms with van der Waals surface area (Å²) < 4.78 is 18.8. The van der Waals surface area contributed by atoms with Crippen molar-refractivity contribution in [3.8, 4) is 11.1 Å². The Morgan fingerprint density at radius 2 is 1.51 bits per heavy atom. The Kier molecular flexibility index (Phi) is 7.23. The Hall–Kier alpha value is -3.62. The minimum absolute atomic E-state index is 0.0170. The van der Waals surface area contributed by atoms with Gasteiger partial charge in [-0.1, -0.05) is 71.7 Å². The summed E-state index contributed by atoms with van der Waals surface area (Å²) in [6, 6.07) is 15.9. The Bertz CT molecular complexity index is 1250. The molecule has 3 aromatic carbocycles. The number of alkyl carbamates (subject to hydrolysis) is 1. The maximum absolute atomic E-state index is 13.4. The molecule has 2 amide bonds. The van der Waals surface area contributed by atoms with Crippen molar-refractivity contribution in [2.45, 2.75) is 18.4 Å². The van der Waals surface area contributed by atoms with Crippen molar-refractivity contribution in [3.63, 3.8) is 0 Å². The fraction of sp³-hybridized carbons (Fsp3) is 0.160. The number of amides is 2. The van der Waals surface area contributed by atoms with Gasteiger partial charge in [0.1, 0.15) is 18.5 Å². The lowest BCUT2D eigenvalue weighted by Gasteiger charge is -2.19. The van der Waals surface area contributed by atoms with E-state index in [9.17, 15) is 23.9 Å². The molecule has 1 atom stereocenters. The average Bonchev–Trinajstić information content (AvgIpc) is 3.13. The molecule has 180 valence electrons. The highest BCUT2D eigenvalue weighted by atomic mass is 35.5. The molecule has 0 saturated heterocycles. The van der Waals surface area contributed by atoms with Gasteiger partial charge in [0.2, 0.25) is 5.91 Å². The van der Waals surface area contributed by atoms with Crippen LogP contribution in [0.1, 0.15) is 23.5 Å². The van der Waals surface area contributed by atoms with Crippen molar-refractivity contribution in [1.82, 2.24) is 5.32 Å². The van der Waals surface area contributed by atoms with Crippen LogP contribution in [0.25, 0.3) is 11.1 Å². The van der Waals surface area contributed by atoms with E-state index in [0.717, 1.165) is 34.4 Å². The first-order valence-corrected chi connectivity index (χ1v) is 11.3. The fourth-order valence-corrected chi connectivity index (χ4v) is 4.59. The second-order valence-corrected chi connectivity index (χ2v) is 8.67. The van der Waals surface area contributed by atoms with Gasteiger partial charge in [-0.15, -0.1) is 0 Å². The van der Waals surface area contributed by atoms with E-state index in [1.807, 2.05) is 48.5 Å². The molecule has 0 saturated carbocycles. The van der Waals surface area contributed by atoms with Gasteiger partial charge in [-0.2, -0.15) is 0 Å². The van der Waals surface area contributed by atoms with E-state index < -0.39 is 36.2 Å². The summed E-state index contributed by atoms with van der Waals surface area (Å²) in [7, 11) is 0. The van der Waals surface area contributed by atoms with Gasteiger partial charge in [0.25, 0.3) is 0 Å². The monoisotopic (exact) mass is 516 g/mol. The predicted molar refractivity (Wildman–Crippen MR) is 129 cm³/mol. The molecule has 0 fully saturated rings. The van der Waals surface area contributed by atoms with Crippen LogP contribution in [0, 0.1) is 5.82 Å². The number of halogens is 3. The third-order valence-corrected chi connectivity index (χ3v) is 6.18. The Balaban J connectivity index is 1.45. The van der Waals surface area contributed by atoms with Crippen LogP contribution in [-0.4, -0.2) is 35.7 Å². The van der Waals surface area contributed by atoms with Crippen molar-refractivity contribution in [2.75, 3.05) is 11.9 Å². The second-order valence-electron chi connectivity index (χ2n) is 7.85. The quantitative estimate of drug-likeness (QED) is 0.387. The number of nitrogens with one attached hydrogen (secondary N) is 2. The lowest BCUT2D eigenvalue weighted by atomic mass is 9.98. The number of anilines is 1. The van der Waals surface area contributed by atoms with Crippen LogP contribution in [0.3, 0.4) is 0 Å². The summed E-state index contributed by atoms with van der Waals surface area (Å²) in [5.74, 6) is -3.16. The van der Waals surface area contributed by atoms with E-state index in [-0.39, 0.29) is 28.3 Å². The Morgan fingerprint density at radius 1 is 0.971 bits per heavy atom. The van der Waals surface area contributed by atoms with Gasteiger partial charge in [-0.25, -0.2) is 9.18 Å². The van der Waals surface area contributed by atoms with Crippen molar-refractivity contribution in [2.24, 2.45) is 0 Å². The molecule has 1 unspecified atom stereocenters. The van der Waals surface area contributed by atoms with E-state index in [1.54, 1.807) is 0 Å². The molecule has 10 heteroatoms. The van der Waals surface area contributed by atoms with Crippen LogP contribution < -0.4 is 10.6 Å². The zero-order valence-electron chi connectivity index (χ0n) is 18.1. The first-order chi connectivity index (χ1) is 16.7. The number of benzene rings is 3. The summed E-state index contributed by atoms with van der Waals surface area (Å²) in [5, 5.41) is 13.5. The van der Waals surface area contributed by atoms with Crippen LogP contribution in [0.2, 0.25) is 10.0 Å². The Morgan fingerprint density at radius 3 is 2.06 bits per heavy atom. The van der Waals surface area contributed by atoms with Gasteiger partial charge in [0.05, 0.1) is 22.2 Å². The second kappa shape index (κ2) is 10.3. The SMILES string of the molecule is O=C(O)CC(NC(=O)OCC1c2ccccc2-c2ccccc21)C(=O)Nc1c(Cl)cc(F)cc1Cl. The number of carboxylic acid groups (broad SMARTS) is 1. The first-order valence-electron chi connectivity index (χ1n) is 10.5. The van der Waals surface area contributed by atoms with E-state index in [4.69, 9.17) is 27.9 Å². The minimum Gasteiger partial charge on any atom is -0.481 e. The van der Waals surface area contributed by atoms with Gasteiger partial charge in [-0.3, -0.25) is 9.59 Å². The van der Waals surface area contributed by atoms with E-state index in [1.165, 1.54) is 0 Å². The number of rotatable bonds is 7. The summed E-state index contributed by atoms with van der Waals surface area (Å²) in [6.45, 7) is -0.0170. The van der Waals surface area contributed by atoms with Gasteiger partial charge >= 0.3 is 12.1 Å². The van der Waals surface area contributed by atoms with Gasteiger partial charge in [0.15, 0.2) is 0 Å². The molecule has 7 nitrogen and oxygen atoms in total. The number of carbonyl (C=O) groups is 3. The molecule has 0 heterocycles. The largest absolute Gasteiger partial charge is 0.481 e. The third-order valence-electron chi connectivity index (χ3n) is 5.59. The topological polar surface area (TPSA) is 105 Å². The normalized spacial score (nSPS) is 12.9. The molecular formula is C25H19Cl2FN2O5. The third kappa shape index (κ3) is 5.39. The predicted octanol–water partition coefficient (Wildman–Crippen LogP) is 5.45. The molecule has 0 spiro atoms. The molecule has 0 aliphatic heterocycles. The number of ether oxygens (including phenoxy) is 1. The molecule has 1 aliphatic carbocycles. The molecule has 35 heavy (non-hydrogen) atoms. The minimum atomic E-state index is -1.50. The summed E-state index contributed by atoms with van der Waals surface area (Å²) in [5.41, 5.74) is 4.00. The number of carboxylic acids is 1. The van der Waals surface area contributed by atoms with Crippen LogP contribution in [0.4, 0.5) is 14.9 Å². The molecule has 3 N–H and O–H groups in total. The van der Waals surface area contributed by atoms with Crippen molar-refractivity contribution in [3.05, 3.63) is 87.7 Å². The van der Waals surface area contributed by atoms with Gasteiger partial charge in [-0.05, 0) is 34.4 Å². The zero-order valence-corrected chi connectivity index (χ0v) is 19.6. The molecular weight excluding hydrogens is 498 g/mol. The Labute approximate surface area is 209 Å². The van der Waals surface area contributed by atoms with Crippen LogP contribution >= 0.6 is 23.2 Å². The lowest BCUT2D eigenvalue weighted by Crippen LogP contribution is -2.45. The maximum Gasteiger partial charge on any atom is 0.407 e. The van der Waals surface area contributed by atoms with Gasteiger partial charge < -0.3 is 20.5 Å². The first kappa shape index (κ1) is 24.5. The maximum atomic E-state index is 13.4. The molecule has 4 rings (SSSR count). The lowest BCUT2D eigenvalue weighted by molar-refractivity contribution is -0.139. The molecule has 0 radical (unpaired) electrons. The summed E-state index contributed by atoms with van der Waals surface area (Å²) >= 11 is 11.9. The smallest absolute Gasteiger partial charge is 0.407 e. The van der Waals surface area contributed by atoms with Crippen molar-refractivity contribution < 1.29 is 28.6 Å². The number of fused-ring (bicyclic) bond motifs is 3. The summed E-state index contributed by atoms with van der Waals surface area (Å²) in [4.78, 5) is 36.5. The average molecular weight is 517 g/mol. The van der Waals surface area contributed by atoms with E-state index >= 15 is 0 Å². The number of aliphatic carboxylic acids is 1. The van der Waals surface area contributed by atoms with Crippen molar-refractivity contribution in [1.29, 1.82) is 0 Å². The van der Waals surface area contributed by atoms with Crippen LogP contribution in [0.5, 0.6) is 0 Å². The van der Waals surface area contributed by atoms with Crippen molar-refractivity contribution >= 4 is 46.9 Å². The van der Waals surface area contributed by atoms with E-state index in [2.05, 4.69) is 10.6 Å². The highest BCUT2D eigenvalue weighted by molar-refractivity contribution is 6.39. The fourth-order valence-electron chi connectivity index (χ4n) is 4.04. The number of hydrogen-bond donors (Lipinski definition) is 3. The zero-order chi connectivity index (χ0) is 25.1. The molecule has 0 bridgehead atoms. The molecule has 3 aromatic rings. The van der Waals surface area contributed by atoms with E-state index in [0.29, 0.717) is 0 Å². The van der Waals surface area contributed by atoms with Crippen LogP contribution in [-0.2, 0) is 14.3 Å².